The predicted octanol–water partition coefficient (Wildman–Crippen LogP) is 2.95. The average Bonchev–Trinajstić information content (AvgIpc) is 1.96. The lowest BCUT2D eigenvalue weighted by Crippen LogP contribution is -2.32. The first-order valence-electron chi connectivity index (χ1n) is 3.92. The fourth-order valence-corrected chi connectivity index (χ4v) is 1.85. The molecule has 0 rings (SSSR count). The van der Waals surface area contributed by atoms with Gasteiger partial charge in [0.15, 0.2) is 0 Å². The standard InChI is InChI=1S/C8H17F2OP/c1-8(2,3)7(12-11-4)6(10)5-9/h6-7,12H,5H2,1-4H3. The van der Waals surface area contributed by atoms with E-state index in [2.05, 4.69) is 0 Å². The van der Waals surface area contributed by atoms with Gasteiger partial charge in [-0.2, -0.15) is 0 Å². The molecule has 0 spiro atoms. The molecular formula is C8H17F2OP. The fourth-order valence-electron chi connectivity index (χ4n) is 1.01. The van der Waals surface area contributed by atoms with Gasteiger partial charge in [-0.05, 0) is 5.41 Å². The zero-order chi connectivity index (χ0) is 9.78. The molecule has 0 aliphatic carbocycles. The lowest BCUT2D eigenvalue weighted by atomic mass is 9.89. The van der Waals surface area contributed by atoms with Gasteiger partial charge in [-0.1, -0.05) is 20.8 Å². The SMILES string of the molecule is COPC(C(F)CF)C(C)(C)C. The van der Waals surface area contributed by atoms with Crippen molar-refractivity contribution in [2.45, 2.75) is 32.6 Å². The summed E-state index contributed by atoms with van der Waals surface area (Å²) in [4.78, 5) is 0. The first kappa shape index (κ1) is 12.2. The van der Waals surface area contributed by atoms with Crippen molar-refractivity contribution >= 4 is 8.81 Å². The summed E-state index contributed by atoms with van der Waals surface area (Å²) in [5.74, 6) is 0. The van der Waals surface area contributed by atoms with Crippen LogP contribution >= 0.6 is 8.81 Å². The van der Waals surface area contributed by atoms with Gasteiger partial charge in [0.05, 0.1) is 0 Å². The lowest BCUT2D eigenvalue weighted by molar-refractivity contribution is 0.189. The predicted molar refractivity (Wildman–Crippen MR) is 49.4 cm³/mol. The third kappa shape index (κ3) is 3.77. The van der Waals surface area contributed by atoms with Crippen molar-refractivity contribution in [3.8, 4) is 0 Å². The van der Waals surface area contributed by atoms with Crippen LogP contribution in [0.15, 0.2) is 0 Å². The molecule has 4 heteroatoms. The van der Waals surface area contributed by atoms with Crippen LogP contribution in [0.3, 0.4) is 0 Å². The second kappa shape index (κ2) is 5.08. The summed E-state index contributed by atoms with van der Waals surface area (Å²) in [6.45, 7) is 4.77. The van der Waals surface area contributed by atoms with Crippen molar-refractivity contribution in [1.29, 1.82) is 0 Å². The Bertz CT molecular complexity index is 125. The van der Waals surface area contributed by atoms with Crippen LogP contribution in [0, 0.1) is 5.41 Å². The highest BCUT2D eigenvalue weighted by molar-refractivity contribution is 7.33. The Morgan fingerprint density at radius 2 is 1.92 bits per heavy atom. The summed E-state index contributed by atoms with van der Waals surface area (Å²) in [5.41, 5.74) is -0.576. The summed E-state index contributed by atoms with van der Waals surface area (Å²) in [5, 5.41) is 0. The molecule has 1 nitrogen and oxygen atoms in total. The van der Waals surface area contributed by atoms with E-state index in [1.165, 1.54) is 7.11 Å². The minimum Gasteiger partial charge on any atom is -0.365 e. The number of hydrogen-bond acceptors (Lipinski definition) is 1. The Morgan fingerprint density at radius 3 is 2.17 bits per heavy atom. The van der Waals surface area contributed by atoms with Crippen molar-refractivity contribution in [2.75, 3.05) is 13.8 Å². The molecule has 12 heavy (non-hydrogen) atoms. The van der Waals surface area contributed by atoms with Gasteiger partial charge in [0.25, 0.3) is 0 Å². The van der Waals surface area contributed by atoms with Gasteiger partial charge < -0.3 is 4.52 Å². The van der Waals surface area contributed by atoms with Crippen LogP contribution in [0.2, 0.25) is 0 Å². The zero-order valence-electron chi connectivity index (χ0n) is 8.03. The van der Waals surface area contributed by atoms with Crippen LogP contribution in [-0.2, 0) is 4.52 Å². The first-order valence-corrected chi connectivity index (χ1v) is 4.90. The van der Waals surface area contributed by atoms with E-state index >= 15 is 0 Å². The molecule has 0 heterocycles. The average molecular weight is 198 g/mol. The van der Waals surface area contributed by atoms with Crippen molar-refractivity contribution in [2.24, 2.45) is 5.41 Å². The molecule has 0 N–H and O–H groups in total. The van der Waals surface area contributed by atoms with Gasteiger partial charge in [-0.15, -0.1) is 0 Å². The van der Waals surface area contributed by atoms with Crippen molar-refractivity contribution in [3.05, 3.63) is 0 Å². The van der Waals surface area contributed by atoms with E-state index < -0.39 is 12.8 Å². The van der Waals surface area contributed by atoms with Crippen molar-refractivity contribution < 1.29 is 13.3 Å². The summed E-state index contributed by atoms with van der Waals surface area (Å²) >= 11 is 0. The Morgan fingerprint density at radius 1 is 1.42 bits per heavy atom. The summed E-state index contributed by atoms with van der Waals surface area (Å²) < 4.78 is 30.0. The first-order chi connectivity index (χ1) is 5.43. The fraction of sp³-hybridized carbons (Fsp3) is 1.00. The second-order valence-electron chi connectivity index (χ2n) is 3.84. The summed E-state index contributed by atoms with van der Waals surface area (Å²) in [6, 6.07) is 0. The van der Waals surface area contributed by atoms with Gasteiger partial charge in [0.1, 0.15) is 12.8 Å². The van der Waals surface area contributed by atoms with E-state index in [1.54, 1.807) is 0 Å². The van der Waals surface area contributed by atoms with E-state index in [0.29, 0.717) is 0 Å². The van der Waals surface area contributed by atoms with Gasteiger partial charge in [-0.3, -0.25) is 0 Å². The normalized spacial score (nSPS) is 18.5. The van der Waals surface area contributed by atoms with E-state index in [-0.39, 0.29) is 19.9 Å². The van der Waals surface area contributed by atoms with Gasteiger partial charge in [0.2, 0.25) is 0 Å². The molecule has 0 aromatic carbocycles. The highest BCUT2D eigenvalue weighted by Crippen LogP contribution is 2.38. The molecule has 0 aliphatic rings. The molecule has 0 bridgehead atoms. The van der Waals surface area contributed by atoms with Crippen LogP contribution in [0.4, 0.5) is 8.78 Å². The Labute approximate surface area is 74.7 Å². The topological polar surface area (TPSA) is 9.23 Å². The van der Waals surface area contributed by atoms with E-state index in [4.69, 9.17) is 4.52 Å². The highest BCUT2D eigenvalue weighted by Gasteiger charge is 2.32. The maximum Gasteiger partial charge on any atom is 0.137 e. The molecule has 3 unspecified atom stereocenters. The van der Waals surface area contributed by atoms with Gasteiger partial charge in [-0.25, -0.2) is 8.78 Å². The molecule has 74 valence electrons. The summed E-state index contributed by atoms with van der Waals surface area (Å²) in [7, 11) is 1.55. The van der Waals surface area contributed by atoms with Crippen LogP contribution in [0.25, 0.3) is 0 Å². The number of alkyl halides is 2. The van der Waals surface area contributed by atoms with Crippen molar-refractivity contribution in [3.63, 3.8) is 0 Å². The molecule has 0 saturated carbocycles. The molecule has 0 amide bonds. The Balaban J connectivity index is 4.22. The van der Waals surface area contributed by atoms with Crippen LogP contribution < -0.4 is 0 Å². The third-order valence-corrected chi connectivity index (χ3v) is 3.40. The lowest BCUT2D eigenvalue weighted by Gasteiger charge is -2.31. The monoisotopic (exact) mass is 198 g/mol. The minimum absolute atomic E-state index is 0.0295. The van der Waals surface area contributed by atoms with Gasteiger partial charge in [0, 0.05) is 21.6 Å². The number of hydrogen-bond donors (Lipinski definition) is 0. The molecule has 0 radical (unpaired) electrons. The quantitative estimate of drug-likeness (QED) is 0.631. The Kier molecular flexibility index (Phi) is 5.19. The number of rotatable bonds is 4. The molecule has 3 atom stereocenters. The highest BCUT2D eigenvalue weighted by atomic mass is 31.1. The minimum atomic E-state index is -1.40. The van der Waals surface area contributed by atoms with E-state index in [0.717, 1.165) is 0 Å². The molecule has 0 saturated heterocycles. The van der Waals surface area contributed by atoms with Crippen LogP contribution in [0.1, 0.15) is 20.8 Å². The molecular weight excluding hydrogens is 181 g/mol. The largest absolute Gasteiger partial charge is 0.365 e. The Hall–Kier alpha value is 0.250. The molecule has 0 fully saturated rings. The summed E-state index contributed by atoms with van der Waals surface area (Å²) in [6.07, 6.45) is -1.40. The molecule has 0 aromatic heterocycles. The zero-order valence-corrected chi connectivity index (χ0v) is 9.03. The van der Waals surface area contributed by atoms with Crippen LogP contribution in [-0.4, -0.2) is 25.6 Å². The maximum atomic E-state index is 13.0. The second-order valence-corrected chi connectivity index (χ2v) is 5.10. The van der Waals surface area contributed by atoms with Gasteiger partial charge >= 0.3 is 0 Å². The molecule has 0 aliphatic heterocycles. The number of halogens is 2. The van der Waals surface area contributed by atoms with Crippen molar-refractivity contribution in [1.82, 2.24) is 0 Å². The van der Waals surface area contributed by atoms with Crippen LogP contribution in [0.5, 0.6) is 0 Å². The maximum absolute atomic E-state index is 13.0. The third-order valence-electron chi connectivity index (χ3n) is 1.69. The molecule has 0 aromatic rings. The van der Waals surface area contributed by atoms with E-state index in [1.807, 2.05) is 20.8 Å². The van der Waals surface area contributed by atoms with E-state index in [9.17, 15) is 8.78 Å². The smallest absolute Gasteiger partial charge is 0.137 e.